The molecular weight excluding hydrogens is 557 g/mol. The Bertz CT molecular complexity index is 1300. The monoisotopic (exact) mass is 572 g/mol. The number of ether oxygens (including phenoxy) is 2. The van der Waals surface area contributed by atoms with Crippen LogP contribution in [0.3, 0.4) is 0 Å². The van der Waals surface area contributed by atoms with E-state index in [-0.39, 0.29) is 23.4 Å². The molecule has 0 aliphatic heterocycles. The molecule has 3 aromatic carbocycles. The number of rotatable bonds is 8. The van der Waals surface area contributed by atoms with Gasteiger partial charge in [0.1, 0.15) is 19.0 Å². The number of aromatic nitrogens is 2. The lowest BCUT2D eigenvalue weighted by molar-refractivity contribution is 0.205. The third kappa shape index (κ3) is 5.57. The largest absolute Gasteiger partial charge is 0.486 e. The Morgan fingerprint density at radius 1 is 1.00 bits per heavy atom. The highest BCUT2D eigenvalue weighted by Gasteiger charge is 2.15. The molecule has 0 aliphatic carbocycles. The van der Waals surface area contributed by atoms with Crippen LogP contribution >= 0.6 is 50.9 Å². The Morgan fingerprint density at radius 2 is 1.79 bits per heavy atom. The van der Waals surface area contributed by atoms with Crippen LogP contribution in [0.1, 0.15) is 5.56 Å². The second-order valence-electron chi connectivity index (χ2n) is 6.99. The smallest absolute Gasteiger partial charge is 0.240 e. The minimum atomic E-state index is -0.789. The van der Waals surface area contributed by atoms with Gasteiger partial charge in [0.25, 0.3) is 0 Å². The maximum Gasteiger partial charge on any atom is 0.240 e. The molecule has 33 heavy (non-hydrogen) atoms. The molecule has 0 radical (unpaired) electrons. The summed E-state index contributed by atoms with van der Waals surface area (Å²) in [5.74, 6) is -1.11. The Morgan fingerprint density at radius 3 is 2.52 bits per heavy atom. The van der Waals surface area contributed by atoms with Crippen molar-refractivity contribution in [1.29, 1.82) is 0 Å². The van der Waals surface area contributed by atoms with E-state index in [0.29, 0.717) is 22.5 Å². The zero-order valence-corrected chi connectivity index (χ0v) is 21.2. The minimum Gasteiger partial charge on any atom is -0.486 e. The maximum atomic E-state index is 13.9. The molecule has 1 heterocycles. The summed E-state index contributed by atoms with van der Waals surface area (Å²) in [6.45, 7) is 0.635. The molecule has 172 valence electrons. The summed E-state index contributed by atoms with van der Waals surface area (Å²) in [5, 5.41) is 6.43. The topological polar surface area (TPSA) is 36.3 Å². The first kappa shape index (κ1) is 24.1. The molecule has 4 nitrogen and oxygen atoms in total. The lowest BCUT2D eigenvalue weighted by atomic mass is 10.2. The van der Waals surface area contributed by atoms with Crippen LogP contribution in [0.5, 0.6) is 11.6 Å². The van der Waals surface area contributed by atoms with Crippen molar-refractivity contribution in [2.45, 2.75) is 11.4 Å². The van der Waals surface area contributed by atoms with Crippen LogP contribution in [0.4, 0.5) is 8.78 Å². The number of halogens is 5. The van der Waals surface area contributed by atoms with Crippen LogP contribution in [0, 0.1) is 11.6 Å². The van der Waals surface area contributed by atoms with Crippen LogP contribution in [-0.2, 0) is 6.54 Å². The molecule has 0 aliphatic rings. The number of hydrogen-bond acceptors (Lipinski definition) is 4. The first-order valence-corrected chi connectivity index (χ1v) is 12.5. The van der Waals surface area contributed by atoms with Crippen molar-refractivity contribution in [2.24, 2.45) is 0 Å². The molecule has 0 amide bonds. The van der Waals surface area contributed by atoms with Gasteiger partial charge in [0.2, 0.25) is 5.88 Å². The molecule has 0 bridgehead atoms. The molecule has 0 N–H and O–H groups in total. The predicted octanol–water partition coefficient (Wildman–Crippen LogP) is 7.61. The zero-order valence-electron chi connectivity index (χ0n) is 17.2. The normalized spacial score (nSPS) is 11.2. The molecule has 0 saturated heterocycles. The van der Waals surface area contributed by atoms with Gasteiger partial charge in [-0.1, -0.05) is 29.3 Å². The van der Waals surface area contributed by atoms with Crippen LogP contribution < -0.4 is 9.47 Å². The molecule has 0 unspecified atom stereocenters. The molecule has 0 fully saturated rings. The highest BCUT2D eigenvalue weighted by molar-refractivity contribution is 9.10. The van der Waals surface area contributed by atoms with E-state index in [1.165, 1.54) is 0 Å². The third-order valence-corrected chi connectivity index (χ3v) is 6.83. The molecule has 0 saturated carbocycles. The molecule has 10 heteroatoms. The van der Waals surface area contributed by atoms with Crippen molar-refractivity contribution < 1.29 is 18.3 Å². The van der Waals surface area contributed by atoms with Crippen molar-refractivity contribution in [1.82, 2.24) is 9.78 Å². The number of fused-ring (bicyclic) bond motifs is 1. The van der Waals surface area contributed by atoms with Gasteiger partial charge in [-0.3, -0.25) is 4.68 Å². The Balaban J connectivity index is 1.53. The van der Waals surface area contributed by atoms with Gasteiger partial charge in [-0.05, 0) is 64.1 Å². The molecule has 4 aromatic rings. The van der Waals surface area contributed by atoms with E-state index in [4.69, 9.17) is 32.7 Å². The lowest BCUT2D eigenvalue weighted by Crippen LogP contribution is -2.11. The molecule has 4 rings (SSSR count). The summed E-state index contributed by atoms with van der Waals surface area (Å²) < 4.78 is 40.5. The van der Waals surface area contributed by atoms with Crippen molar-refractivity contribution >= 4 is 61.8 Å². The second kappa shape index (κ2) is 10.5. The van der Waals surface area contributed by atoms with Crippen molar-refractivity contribution in [3.05, 3.63) is 80.2 Å². The first-order valence-electron chi connectivity index (χ1n) is 9.74. The van der Waals surface area contributed by atoms with Gasteiger partial charge >= 0.3 is 0 Å². The summed E-state index contributed by atoms with van der Waals surface area (Å²) in [6, 6.07) is 13.4. The van der Waals surface area contributed by atoms with Gasteiger partial charge in [-0.2, -0.15) is 0 Å². The predicted molar refractivity (Wildman–Crippen MR) is 132 cm³/mol. The number of benzene rings is 3. The van der Waals surface area contributed by atoms with Gasteiger partial charge < -0.3 is 9.47 Å². The summed E-state index contributed by atoms with van der Waals surface area (Å²) in [4.78, 5) is 1.06. The third-order valence-electron chi connectivity index (χ3n) is 4.77. The minimum absolute atomic E-state index is 0.0461. The van der Waals surface area contributed by atoms with Gasteiger partial charge in [0, 0.05) is 11.0 Å². The van der Waals surface area contributed by atoms with Crippen molar-refractivity contribution in [3.8, 4) is 11.6 Å². The van der Waals surface area contributed by atoms with Crippen molar-refractivity contribution in [3.63, 3.8) is 0 Å². The van der Waals surface area contributed by atoms with E-state index in [9.17, 15) is 8.78 Å². The Kier molecular flexibility index (Phi) is 7.69. The fourth-order valence-electron chi connectivity index (χ4n) is 3.24. The highest BCUT2D eigenvalue weighted by atomic mass is 79.9. The van der Waals surface area contributed by atoms with E-state index in [0.717, 1.165) is 33.5 Å². The fraction of sp³-hybridized carbons (Fsp3) is 0.174. The van der Waals surface area contributed by atoms with Crippen molar-refractivity contribution in [2.75, 3.05) is 19.5 Å². The number of nitrogens with zero attached hydrogens (tertiary/aromatic N) is 2. The van der Waals surface area contributed by atoms with Gasteiger partial charge in [0.05, 0.1) is 32.0 Å². The van der Waals surface area contributed by atoms with Gasteiger partial charge in [-0.15, -0.1) is 16.9 Å². The van der Waals surface area contributed by atoms with E-state index in [2.05, 4.69) is 21.0 Å². The van der Waals surface area contributed by atoms with Crippen LogP contribution in [0.2, 0.25) is 10.0 Å². The number of hydrogen-bond donors (Lipinski definition) is 0. The first-order chi connectivity index (χ1) is 15.9. The standard InChI is InChI=1S/C23H17BrCl2F2N2O2S/c1-33-15-3-5-21-16(11-15)23(29-30(21)12-13-2-4-18(25)19(26)8-13)32-7-6-31-22-17(24)9-14(27)10-20(22)28/h2-5,8-11H,6-7,12H2,1H3. The van der Waals surface area contributed by atoms with Crippen LogP contribution in [0.25, 0.3) is 10.9 Å². The average Bonchev–Trinajstić information content (AvgIpc) is 3.11. The lowest BCUT2D eigenvalue weighted by Gasteiger charge is -2.10. The summed E-state index contributed by atoms with van der Waals surface area (Å²) >= 11 is 16.9. The second-order valence-corrected chi connectivity index (χ2v) is 9.54. The van der Waals surface area contributed by atoms with E-state index < -0.39 is 11.6 Å². The van der Waals surface area contributed by atoms with Gasteiger partial charge in [-0.25, -0.2) is 8.78 Å². The summed E-state index contributed by atoms with van der Waals surface area (Å²) in [5.41, 5.74) is 1.83. The average molecular weight is 574 g/mol. The number of thioether (sulfide) groups is 1. The summed E-state index contributed by atoms with van der Waals surface area (Å²) in [7, 11) is 0. The van der Waals surface area contributed by atoms with E-state index >= 15 is 0 Å². The van der Waals surface area contributed by atoms with Crippen LogP contribution in [0.15, 0.2) is 57.9 Å². The van der Waals surface area contributed by atoms with Crippen LogP contribution in [-0.4, -0.2) is 29.3 Å². The Labute approximate surface area is 211 Å². The highest BCUT2D eigenvalue weighted by Crippen LogP contribution is 2.31. The Hall–Kier alpha value is -2.00. The molecule has 1 aromatic heterocycles. The molecular formula is C23H17BrCl2F2N2O2S. The quantitative estimate of drug-likeness (QED) is 0.160. The SMILES string of the molecule is CSc1ccc2c(c1)c(OCCOc1c(F)cc(F)cc1Br)nn2Cc1ccc(Cl)c(Cl)c1. The van der Waals surface area contributed by atoms with E-state index in [1.54, 1.807) is 23.9 Å². The fourth-order valence-corrected chi connectivity index (χ4v) is 4.53. The molecule has 0 atom stereocenters. The summed E-state index contributed by atoms with van der Waals surface area (Å²) in [6.07, 6.45) is 1.99. The maximum absolute atomic E-state index is 13.9. The van der Waals surface area contributed by atoms with E-state index in [1.807, 2.05) is 35.2 Å². The zero-order chi connectivity index (χ0) is 23.5. The van der Waals surface area contributed by atoms with Gasteiger partial charge in [0.15, 0.2) is 11.6 Å². The molecule has 0 spiro atoms.